The summed E-state index contributed by atoms with van der Waals surface area (Å²) < 4.78 is 16.9. The molecule has 0 spiro atoms. The summed E-state index contributed by atoms with van der Waals surface area (Å²) in [5.74, 6) is 0.391. The van der Waals surface area contributed by atoms with Crippen LogP contribution in [0.2, 0.25) is 0 Å². The standard InChI is InChI=1S/C20H24N2O5/c1-4-25-16-11-14(12-17(26-5-2)18(16)27-6-3)20(24)22-15-9-7-8-13(10-15)19(21)23/h7-12H,4-6H2,1-3H3,(H2,21,23)(H,22,24). The van der Waals surface area contributed by atoms with Gasteiger partial charge in [0.1, 0.15) is 0 Å². The number of hydrogen-bond acceptors (Lipinski definition) is 5. The van der Waals surface area contributed by atoms with Crippen LogP contribution in [0, 0.1) is 0 Å². The van der Waals surface area contributed by atoms with Gasteiger partial charge >= 0.3 is 0 Å². The Balaban J connectivity index is 2.36. The summed E-state index contributed by atoms with van der Waals surface area (Å²) in [7, 11) is 0. The first-order valence-electron chi connectivity index (χ1n) is 8.77. The number of nitrogens with one attached hydrogen (secondary N) is 1. The number of amides is 2. The lowest BCUT2D eigenvalue weighted by atomic mass is 10.1. The fourth-order valence-electron chi connectivity index (χ4n) is 2.47. The Labute approximate surface area is 158 Å². The van der Waals surface area contributed by atoms with Crippen molar-refractivity contribution in [2.75, 3.05) is 25.1 Å². The number of rotatable bonds is 9. The van der Waals surface area contributed by atoms with E-state index in [0.717, 1.165) is 0 Å². The number of nitrogens with two attached hydrogens (primary N) is 1. The zero-order valence-corrected chi connectivity index (χ0v) is 15.7. The predicted octanol–water partition coefficient (Wildman–Crippen LogP) is 3.23. The summed E-state index contributed by atoms with van der Waals surface area (Å²) in [5, 5.41) is 2.74. The van der Waals surface area contributed by atoms with E-state index in [0.29, 0.717) is 53.9 Å². The number of benzene rings is 2. The number of ether oxygens (including phenoxy) is 3. The third kappa shape index (κ3) is 5.13. The van der Waals surface area contributed by atoms with Crippen molar-refractivity contribution in [3.8, 4) is 17.2 Å². The van der Waals surface area contributed by atoms with Crippen LogP contribution in [0.4, 0.5) is 5.69 Å². The molecule has 0 saturated heterocycles. The molecule has 7 nitrogen and oxygen atoms in total. The molecule has 0 aliphatic carbocycles. The number of primary amides is 1. The molecule has 144 valence electrons. The summed E-state index contributed by atoms with van der Waals surface area (Å²) in [6.45, 7) is 6.81. The van der Waals surface area contributed by atoms with E-state index in [1.165, 1.54) is 6.07 Å². The molecule has 0 bridgehead atoms. The van der Waals surface area contributed by atoms with Gasteiger partial charge in [-0.25, -0.2) is 0 Å². The number of carbonyl (C=O) groups is 2. The molecule has 0 aromatic heterocycles. The van der Waals surface area contributed by atoms with Crippen molar-refractivity contribution in [1.29, 1.82) is 0 Å². The van der Waals surface area contributed by atoms with Gasteiger partial charge in [-0.3, -0.25) is 9.59 Å². The monoisotopic (exact) mass is 372 g/mol. The van der Waals surface area contributed by atoms with Gasteiger partial charge in [0.2, 0.25) is 11.7 Å². The molecule has 7 heteroatoms. The van der Waals surface area contributed by atoms with Crippen LogP contribution in [0.25, 0.3) is 0 Å². The van der Waals surface area contributed by atoms with E-state index in [2.05, 4.69) is 5.32 Å². The highest BCUT2D eigenvalue weighted by Crippen LogP contribution is 2.39. The van der Waals surface area contributed by atoms with Crippen molar-refractivity contribution >= 4 is 17.5 Å². The zero-order valence-electron chi connectivity index (χ0n) is 15.7. The van der Waals surface area contributed by atoms with Crippen LogP contribution in [0.1, 0.15) is 41.5 Å². The Morgan fingerprint density at radius 2 is 1.48 bits per heavy atom. The fraction of sp³-hybridized carbons (Fsp3) is 0.300. The molecule has 2 rings (SSSR count). The summed E-state index contributed by atoms with van der Waals surface area (Å²) in [6, 6.07) is 9.61. The SMILES string of the molecule is CCOc1cc(C(=O)Nc2cccc(C(N)=O)c2)cc(OCC)c1OCC. The first-order valence-corrected chi connectivity index (χ1v) is 8.77. The van der Waals surface area contributed by atoms with E-state index in [1.807, 2.05) is 20.8 Å². The number of anilines is 1. The molecule has 2 aromatic rings. The van der Waals surface area contributed by atoms with Crippen molar-refractivity contribution in [2.24, 2.45) is 5.73 Å². The summed E-state index contributed by atoms with van der Waals surface area (Å²) in [4.78, 5) is 24.0. The average Bonchev–Trinajstić information content (AvgIpc) is 2.64. The van der Waals surface area contributed by atoms with E-state index in [1.54, 1.807) is 30.3 Å². The van der Waals surface area contributed by atoms with Gasteiger partial charge in [0.15, 0.2) is 11.5 Å². The maximum Gasteiger partial charge on any atom is 0.255 e. The zero-order chi connectivity index (χ0) is 19.8. The van der Waals surface area contributed by atoms with Crippen LogP contribution >= 0.6 is 0 Å². The smallest absolute Gasteiger partial charge is 0.255 e. The van der Waals surface area contributed by atoms with E-state index in [4.69, 9.17) is 19.9 Å². The lowest BCUT2D eigenvalue weighted by Crippen LogP contribution is -2.15. The van der Waals surface area contributed by atoms with Crippen molar-refractivity contribution in [3.63, 3.8) is 0 Å². The lowest BCUT2D eigenvalue weighted by molar-refractivity contribution is 0.0996. The van der Waals surface area contributed by atoms with Crippen molar-refractivity contribution in [3.05, 3.63) is 47.5 Å². The van der Waals surface area contributed by atoms with Crippen molar-refractivity contribution < 1.29 is 23.8 Å². The molecule has 3 N–H and O–H groups in total. The Bertz CT molecular complexity index is 793. The maximum atomic E-state index is 12.7. The van der Waals surface area contributed by atoms with Crippen molar-refractivity contribution in [2.45, 2.75) is 20.8 Å². The first kappa shape index (κ1) is 20.1. The Morgan fingerprint density at radius 1 is 0.889 bits per heavy atom. The highest BCUT2D eigenvalue weighted by Gasteiger charge is 2.18. The summed E-state index contributed by atoms with van der Waals surface area (Å²) >= 11 is 0. The van der Waals surface area contributed by atoms with Crippen LogP contribution < -0.4 is 25.3 Å². The first-order chi connectivity index (χ1) is 13.0. The van der Waals surface area contributed by atoms with Crippen LogP contribution in [-0.2, 0) is 0 Å². The van der Waals surface area contributed by atoms with Gasteiger partial charge in [0, 0.05) is 16.8 Å². The molecule has 2 aromatic carbocycles. The van der Waals surface area contributed by atoms with Gasteiger partial charge in [-0.1, -0.05) is 6.07 Å². The quantitative estimate of drug-likeness (QED) is 0.704. The molecule has 0 heterocycles. The van der Waals surface area contributed by atoms with E-state index in [9.17, 15) is 9.59 Å². The molecule has 0 aliphatic rings. The Hall–Kier alpha value is -3.22. The molecule has 2 amide bonds. The highest BCUT2D eigenvalue weighted by molar-refractivity contribution is 6.05. The Morgan fingerprint density at radius 3 is 2.00 bits per heavy atom. The molecule has 0 aliphatic heterocycles. The molecule has 27 heavy (non-hydrogen) atoms. The largest absolute Gasteiger partial charge is 0.490 e. The second kappa shape index (κ2) is 9.47. The minimum Gasteiger partial charge on any atom is -0.490 e. The molecular formula is C20H24N2O5. The second-order valence-corrected chi connectivity index (χ2v) is 5.50. The van der Waals surface area contributed by atoms with Gasteiger partial charge < -0.3 is 25.3 Å². The van der Waals surface area contributed by atoms with Gasteiger partial charge in [-0.2, -0.15) is 0 Å². The predicted molar refractivity (Wildman–Crippen MR) is 103 cm³/mol. The van der Waals surface area contributed by atoms with Crippen molar-refractivity contribution in [1.82, 2.24) is 0 Å². The molecule has 0 radical (unpaired) electrons. The van der Waals surface area contributed by atoms with Gasteiger partial charge in [0.25, 0.3) is 5.91 Å². The van der Waals surface area contributed by atoms with Gasteiger partial charge in [0.05, 0.1) is 19.8 Å². The molecule has 0 saturated carbocycles. The van der Waals surface area contributed by atoms with E-state index < -0.39 is 5.91 Å². The van der Waals surface area contributed by atoms with E-state index >= 15 is 0 Å². The minimum absolute atomic E-state index is 0.310. The third-order valence-corrected chi connectivity index (χ3v) is 3.58. The average molecular weight is 372 g/mol. The molecule has 0 unspecified atom stereocenters. The summed E-state index contributed by atoms with van der Waals surface area (Å²) in [5.41, 5.74) is 6.39. The fourth-order valence-corrected chi connectivity index (χ4v) is 2.47. The summed E-state index contributed by atoms with van der Waals surface area (Å²) in [6.07, 6.45) is 0. The number of carbonyl (C=O) groups excluding carboxylic acids is 2. The van der Waals surface area contributed by atoms with Gasteiger partial charge in [-0.05, 0) is 51.1 Å². The molecule has 0 fully saturated rings. The molecular weight excluding hydrogens is 348 g/mol. The highest BCUT2D eigenvalue weighted by atomic mass is 16.5. The third-order valence-electron chi connectivity index (χ3n) is 3.58. The van der Waals surface area contributed by atoms with Crippen LogP contribution in [0.15, 0.2) is 36.4 Å². The van der Waals surface area contributed by atoms with Crippen LogP contribution in [0.3, 0.4) is 0 Å². The topological polar surface area (TPSA) is 99.9 Å². The Kier molecular flexibility index (Phi) is 7.05. The number of hydrogen-bond donors (Lipinski definition) is 2. The molecule has 0 atom stereocenters. The van der Waals surface area contributed by atoms with Crippen LogP contribution in [-0.4, -0.2) is 31.6 Å². The van der Waals surface area contributed by atoms with Gasteiger partial charge in [-0.15, -0.1) is 0 Å². The minimum atomic E-state index is -0.565. The maximum absolute atomic E-state index is 12.7. The normalized spacial score (nSPS) is 10.2. The van der Waals surface area contributed by atoms with Crippen LogP contribution in [0.5, 0.6) is 17.2 Å². The van der Waals surface area contributed by atoms with E-state index in [-0.39, 0.29) is 5.91 Å². The lowest BCUT2D eigenvalue weighted by Gasteiger charge is -2.17. The second-order valence-electron chi connectivity index (χ2n) is 5.50.